The van der Waals surface area contributed by atoms with Crippen molar-refractivity contribution in [1.82, 2.24) is 30.3 Å². The van der Waals surface area contributed by atoms with Gasteiger partial charge in [-0.05, 0) is 26.3 Å². The number of nitrogens with one attached hydrogen (secondary N) is 3. The molecule has 0 saturated heterocycles. The molecule has 0 spiro atoms. The standard InChI is InChI=1S/C19H24N8OS/c1-13(2)27-11-15(10-21-27)9-20-24-18-23-19(26-25-18)29-12-17(28)22-14(3)16-7-5-4-6-8-16/h4-11,13-14H,12H2,1-3H3,(H,22,28)(H2,23,24,25,26)/b20-9-/t14-/m0/s1. The molecule has 1 aromatic carbocycles. The van der Waals surface area contributed by atoms with Crippen molar-refractivity contribution >= 4 is 29.8 Å². The average Bonchev–Trinajstić information content (AvgIpc) is 3.37. The summed E-state index contributed by atoms with van der Waals surface area (Å²) in [7, 11) is 0. The predicted octanol–water partition coefficient (Wildman–Crippen LogP) is 3.00. The number of H-pyrrole nitrogens is 1. The molecule has 2 aromatic heterocycles. The van der Waals surface area contributed by atoms with Gasteiger partial charge < -0.3 is 5.32 Å². The number of aromatic amines is 1. The van der Waals surface area contributed by atoms with Gasteiger partial charge in [0.1, 0.15) is 0 Å². The van der Waals surface area contributed by atoms with E-state index in [0.717, 1.165) is 11.1 Å². The molecule has 9 nitrogen and oxygen atoms in total. The van der Waals surface area contributed by atoms with Crippen molar-refractivity contribution in [2.45, 2.75) is 38.0 Å². The number of carbonyl (C=O) groups is 1. The number of anilines is 1. The van der Waals surface area contributed by atoms with Gasteiger partial charge in [-0.2, -0.15) is 15.2 Å². The van der Waals surface area contributed by atoms with Crippen molar-refractivity contribution in [3.63, 3.8) is 0 Å². The van der Waals surface area contributed by atoms with E-state index in [2.05, 4.69) is 50.0 Å². The Hall–Kier alpha value is -3.14. The molecule has 0 saturated carbocycles. The Bertz CT molecular complexity index is 950. The maximum Gasteiger partial charge on any atom is 0.240 e. The minimum absolute atomic E-state index is 0.0527. The molecule has 0 radical (unpaired) electrons. The van der Waals surface area contributed by atoms with E-state index in [0.29, 0.717) is 17.1 Å². The zero-order valence-electron chi connectivity index (χ0n) is 16.5. The van der Waals surface area contributed by atoms with Crippen molar-refractivity contribution in [3.8, 4) is 0 Å². The van der Waals surface area contributed by atoms with E-state index in [4.69, 9.17) is 0 Å². The van der Waals surface area contributed by atoms with Crippen LogP contribution in [0.15, 0.2) is 53.0 Å². The third-order valence-electron chi connectivity index (χ3n) is 4.01. The van der Waals surface area contributed by atoms with E-state index < -0.39 is 0 Å². The number of hydrazone groups is 1. The van der Waals surface area contributed by atoms with E-state index in [9.17, 15) is 4.79 Å². The van der Waals surface area contributed by atoms with Gasteiger partial charge in [-0.25, -0.2) is 10.5 Å². The first kappa shape index (κ1) is 20.6. The summed E-state index contributed by atoms with van der Waals surface area (Å²) in [4.78, 5) is 16.4. The number of rotatable bonds is 9. The first-order valence-electron chi connectivity index (χ1n) is 9.24. The summed E-state index contributed by atoms with van der Waals surface area (Å²) in [6, 6.07) is 10.1. The molecular weight excluding hydrogens is 388 g/mol. The Kier molecular flexibility index (Phi) is 7.01. The van der Waals surface area contributed by atoms with Gasteiger partial charge in [0.05, 0.1) is 24.2 Å². The predicted molar refractivity (Wildman–Crippen MR) is 114 cm³/mol. The lowest BCUT2D eigenvalue weighted by atomic mass is 10.1. The lowest BCUT2D eigenvalue weighted by Crippen LogP contribution is -2.28. The molecule has 3 aromatic rings. The molecule has 10 heteroatoms. The zero-order chi connectivity index (χ0) is 20.6. The van der Waals surface area contributed by atoms with Gasteiger partial charge in [-0.1, -0.05) is 42.1 Å². The maximum atomic E-state index is 12.1. The van der Waals surface area contributed by atoms with Gasteiger partial charge in [0.25, 0.3) is 0 Å². The quantitative estimate of drug-likeness (QED) is 0.283. The van der Waals surface area contributed by atoms with Crippen LogP contribution in [0.2, 0.25) is 0 Å². The Labute approximate surface area is 173 Å². The summed E-state index contributed by atoms with van der Waals surface area (Å²) in [5.41, 5.74) is 4.72. The maximum absolute atomic E-state index is 12.1. The highest BCUT2D eigenvalue weighted by molar-refractivity contribution is 7.99. The second-order valence-corrected chi connectivity index (χ2v) is 7.62. The third-order valence-corrected chi connectivity index (χ3v) is 4.86. The second kappa shape index (κ2) is 9.87. The summed E-state index contributed by atoms with van der Waals surface area (Å²) < 4.78 is 1.86. The van der Waals surface area contributed by atoms with Crippen LogP contribution in [0, 0.1) is 0 Å². The highest BCUT2D eigenvalue weighted by Crippen LogP contribution is 2.15. The summed E-state index contributed by atoms with van der Waals surface area (Å²) in [6.07, 6.45) is 5.30. The Morgan fingerprint density at radius 3 is 2.83 bits per heavy atom. The Morgan fingerprint density at radius 1 is 1.31 bits per heavy atom. The highest BCUT2D eigenvalue weighted by Gasteiger charge is 2.11. The van der Waals surface area contributed by atoms with Crippen LogP contribution in [0.4, 0.5) is 5.95 Å². The molecule has 1 amide bonds. The Morgan fingerprint density at radius 2 is 2.10 bits per heavy atom. The van der Waals surface area contributed by atoms with E-state index in [1.54, 1.807) is 12.4 Å². The van der Waals surface area contributed by atoms with E-state index in [-0.39, 0.29) is 17.7 Å². The molecular formula is C19H24N8OS. The third kappa shape index (κ3) is 6.18. The van der Waals surface area contributed by atoms with Crippen molar-refractivity contribution in [3.05, 3.63) is 53.9 Å². The molecule has 2 heterocycles. The molecule has 29 heavy (non-hydrogen) atoms. The van der Waals surface area contributed by atoms with Gasteiger partial charge in [-0.3, -0.25) is 9.48 Å². The molecule has 0 aliphatic carbocycles. The lowest BCUT2D eigenvalue weighted by molar-refractivity contribution is -0.119. The van der Waals surface area contributed by atoms with Gasteiger partial charge >= 0.3 is 0 Å². The molecule has 0 aliphatic heterocycles. The normalized spacial score (nSPS) is 12.4. The number of hydrogen-bond donors (Lipinski definition) is 3. The van der Waals surface area contributed by atoms with Crippen LogP contribution in [0.5, 0.6) is 0 Å². The number of carbonyl (C=O) groups excluding carboxylic acids is 1. The number of benzene rings is 1. The van der Waals surface area contributed by atoms with E-state index >= 15 is 0 Å². The first-order chi connectivity index (χ1) is 14.0. The SMILES string of the molecule is CC(C)n1cc(/C=N\Nc2nc(SCC(=O)N[C@@H](C)c3ccccc3)n[nH]2)cn1. The lowest BCUT2D eigenvalue weighted by Gasteiger charge is -2.13. The monoisotopic (exact) mass is 412 g/mol. The molecule has 152 valence electrons. The number of hydrogen-bond acceptors (Lipinski definition) is 7. The molecule has 3 N–H and O–H groups in total. The van der Waals surface area contributed by atoms with Gasteiger partial charge in [0.2, 0.25) is 17.0 Å². The number of nitrogens with zero attached hydrogens (tertiary/aromatic N) is 5. The van der Waals surface area contributed by atoms with E-state index in [1.165, 1.54) is 11.8 Å². The second-order valence-electron chi connectivity index (χ2n) is 6.67. The molecule has 0 aliphatic rings. The first-order valence-corrected chi connectivity index (χ1v) is 10.2. The van der Waals surface area contributed by atoms with Gasteiger partial charge in [0, 0.05) is 17.8 Å². The minimum atomic E-state index is -0.0779. The largest absolute Gasteiger partial charge is 0.349 e. The summed E-state index contributed by atoms with van der Waals surface area (Å²) in [5, 5.41) is 18.6. The van der Waals surface area contributed by atoms with Crippen LogP contribution in [0.1, 0.15) is 44.0 Å². The Balaban J connectivity index is 1.43. The van der Waals surface area contributed by atoms with Crippen LogP contribution in [0.3, 0.4) is 0 Å². The molecule has 1 atom stereocenters. The number of thioether (sulfide) groups is 1. The fourth-order valence-corrected chi connectivity index (χ4v) is 3.08. The van der Waals surface area contributed by atoms with Crippen LogP contribution in [0.25, 0.3) is 0 Å². The minimum Gasteiger partial charge on any atom is -0.349 e. The van der Waals surface area contributed by atoms with Crippen molar-refractivity contribution in [2.75, 3.05) is 11.2 Å². The van der Waals surface area contributed by atoms with E-state index in [1.807, 2.05) is 48.1 Å². The number of amides is 1. The van der Waals surface area contributed by atoms with Crippen LogP contribution in [-0.4, -0.2) is 42.8 Å². The summed E-state index contributed by atoms with van der Waals surface area (Å²) >= 11 is 1.25. The summed E-state index contributed by atoms with van der Waals surface area (Å²) in [5.74, 6) is 0.551. The van der Waals surface area contributed by atoms with Gasteiger partial charge in [0.15, 0.2) is 0 Å². The average molecular weight is 413 g/mol. The van der Waals surface area contributed by atoms with Gasteiger partial charge in [-0.15, -0.1) is 5.10 Å². The fraction of sp³-hybridized carbons (Fsp3) is 0.316. The van der Waals surface area contributed by atoms with Crippen molar-refractivity contribution in [1.29, 1.82) is 0 Å². The topological polar surface area (TPSA) is 113 Å². The summed E-state index contributed by atoms with van der Waals surface area (Å²) in [6.45, 7) is 6.07. The molecule has 3 rings (SSSR count). The molecule has 0 unspecified atom stereocenters. The van der Waals surface area contributed by atoms with Crippen molar-refractivity contribution in [2.24, 2.45) is 5.10 Å². The van der Waals surface area contributed by atoms with Crippen LogP contribution in [-0.2, 0) is 4.79 Å². The smallest absolute Gasteiger partial charge is 0.240 e. The zero-order valence-corrected chi connectivity index (χ0v) is 17.3. The molecule has 0 fully saturated rings. The van der Waals surface area contributed by atoms with Crippen LogP contribution >= 0.6 is 11.8 Å². The molecule has 0 bridgehead atoms. The number of aromatic nitrogens is 5. The van der Waals surface area contributed by atoms with Crippen molar-refractivity contribution < 1.29 is 4.79 Å². The fourth-order valence-electron chi connectivity index (χ4n) is 2.47. The highest BCUT2D eigenvalue weighted by atomic mass is 32.2. The van der Waals surface area contributed by atoms with Crippen LogP contribution < -0.4 is 10.7 Å².